The predicted octanol–water partition coefficient (Wildman–Crippen LogP) is 6.77. The summed E-state index contributed by atoms with van der Waals surface area (Å²) in [4.78, 5) is 31.7. The van der Waals surface area contributed by atoms with Crippen LogP contribution in [0.4, 0.5) is 10.3 Å². The van der Waals surface area contributed by atoms with Gasteiger partial charge < -0.3 is 20.1 Å². The molecule has 9 nitrogen and oxygen atoms in total. The van der Waals surface area contributed by atoms with Gasteiger partial charge in [-0.15, -0.1) is 21.5 Å². The van der Waals surface area contributed by atoms with E-state index in [1.807, 2.05) is 48.5 Å². The summed E-state index contributed by atoms with van der Waals surface area (Å²) in [7, 11) is 3.21. The number of anilines is 2. The monoisotopic (exact) mass is 619 g/mol. The van der Waals surface area contributed by atoms with Crippen molar-refractivity contribution in [1.29, 1.82) is 0 Å². The second-order valence-corrected chi connectivity index (χ2v) is 12.7. The van der Waals surface area contributed by atoms with Crippen LogP contribution in [0.1, 0.15) is 77.6 Å². The molecule has 2 amide bonds. The molecule has 1 saturated carbocycles. The minimum atomic E-state index is -0.150. The van der Waals surface area contributed by atoms with Crippen LogP contribution in [0.5, 0.6) is 11.5 Å². The predicted molar refractivity (Wildman–Crippen MR) is 171 cm³/mol. The number of methoxy groups -OCH3 is 2. The first-order valence-electron chi connectivity index (χ1n) is 14.6. The Morgan fingerprint density at radius 3 is 2.07 bits per heavy atom. The molecular formula is C32H37N5O4S2. The highest BCUT2D eigenvalue weighted by Crippen LogP contribution is 2.45. The highest BCUT2D eigenvalue weighted by atomic mass is 32.1. The number of ether oxygens (including phenoxy) is 2. The Labute approximate surface area is 260 Å². The number of nitrogens with zero attached hydrogens (tertiary/aromatic N) is 3. The first kappa shape index (κ1) is 30.6. The highest BCUT2D eigenvalue weighted by Gasteiger charge is 2.30. The molecule has 1 aliphatic carbocycles. The van der Waals surface area contributed by atoms with Gasteiger partial charge in [-0.05, 0) is 43.7 Å². The highest BCUT2D eigenvalue weighted by molar-refractivity contribution is 7.16. The smallest absolute Gasteiger partial charge is 0.230 e. The minimum Gasteiger partial charge on any atom is -0.496 e. The fourth-order valence-corrected chi connectivity index (χ4v) is 7.71. The first-order valence-corrected chi connectivity index (χ1v) is 16.3. The summed E-state index contributed by atoms with van der Waals surface area (Å²) in [5.74, 6) is 1.73. The number of hydrogen-bond donors (Lipinski definition) is 2. The molecule has 0 bridgehead atoms. The van der Waals surface area contributed by atoms with Gasteiger partial charge in [0.1, 0.15) is 16.5 Å². The van der Waals surface area contributed by atoms with E-state index in [9.17, 15) is 9.59 Å². The largest absolute Gasteiger partial charge is 0.496 e. The second kappa shape index (κ2) is 14.6. The third-order valence-electron chi connectivity index (χ3n) is 7.63. The van der Waals surface area contributed by atoms with Gasteiger partial charge in [-0.25, -0.2) is 4.98 Å². The van der Waals surface area contributed by atoms with Crippen molar-refractivity contribution in [3.63, 3.8) is 0 Å². The van der Waals surface area contributed by atoms with E-state index in [0.717, 1.165) is 60.4 Å². The molecule has 2 aromatic heterocycles. The Hall–Kier alpha value is -3.83. The third-order valence-corrected chi connectivity index (χ3v) is 9.81. The van der Waals surface area contributed by atoms with Crippen LogP contribution in [-0.2, 0) is 28.9 Å². The summed E-state index contributed by atoms with van der Waals surface area (Å²) in [6, 6.07) is 15.1. The molecule has 1 aliphatic rings. The zero-order valence-electron chi connectivity index (χ0n) is 24.7. The Balaban J connectivity index is 1.23. The average Bonchev–Trinajstić information content (AvgIpc) is 3.65. The number of aryl methyl sites for hydroxylation is 1. The maximum Gasteiger partial charge on any atom is 0.230 e. The maximum absolute atomic E-state index is 12.9. The van der Waals surface area contributed by atoms with E-state index in [4.69, 9.17) is 14.5 Å². The van der Waals surface area contributed by atoms with Crippen molar-refractivity contribution in [1.82, 2.24) is 15.2 Å². The van der Waals surface area contributed by atoms with E-state index < -0.39 is 0 Å². The van der Waals surface area contributed by atoms with Gasteiger partial charge in [0.15, 0.2) is 5.13 Å². The summed E-state index contributed by atoms with van der Waals surface area (Å²) in [6.07, 6.45) is 6.40. The SMILES string of the molecule is CCCc1nc(NC(=O)Cc2ccccc2OC)sc1[C@@H]1CCC[C@@H](c2nnc(NC(=O)Cc3ccccc3OC)s2)C1. The number of benzene rings is 2. The van der Waals surface area contributed by atoms with Crippen molar-refractivity contribution in [3.05, 3.63) is 75.2 Å². The molecule has 2 heterocycles. The Morgan fingerprint density at radius 1 is 0.837 bits per heavy atom. The molecule has 11 heteroatoms. The Morgan fingerprint density at radius 2 is 1.44 bits per heavy atom. The van der Waals surface area contributed by atoms with Crippen LogP contribution < -0.4 is 20.1 Å². The summed E-state index contributed by atoms with van der Waals surface area (Å²) < 4.78 is 10.8. The van der Waals surface area contributed by atoms with E-state index in [0.29, 0.717) is 27.7 Å². The number of carbonyl (C=O) groups is 2. The van der Waals surface area contributed by atoms with E-state index in [-0.39, 0.29) is 30.6 Å². The Bertz CT molecular complexity index is 1550. The minimum absolute atomic E-state index is 0.108. The molecule has 2 N–H and O–H groups in total. The molecule has 43 heavy (non-hydrogen) atoms. The summed E-state index contributed by atoms with van der Waals surface area (Å²) >= 11 is 3.05. The van der Waals surface area contributed by atoms with Gasteiger partial charge in [0.25, 0.3) is 0 Å². The number of amides is 2. The fraction of sp³-hybridized carbons (Fsp3) is 0.406. The van der Waals surface area contributed by atoms with Gasteiger partial charge in [0, 0.05) is 21.9 Å². The van der Waals surface area contributed by atoms with Crippen molar-refractivity contribution in [3.8, 4) is 11.5 Å². The van der Waals surface area contributed by atoms with Gasteiger partial charge in [-0.2, -0.15) is 0 Å². The number of rotatable bonds is 12. The average molecular weight is 620 g/mol. The lowest BCUT2D eigenvalue weighted by Gasteiger charge is -2.27. The number of para-hydroxylation sites is 2. The lowest BCUT2D eigenvalue weighted by Crippen LogP contribution is -2.14. The number of carbonyl (C=O) groups excluding carboxylic acids is 2. The number of nitrogens with one attached hydrogen (secondary N) is 2. The molecule has 0 spiro atoms. The van der Waals surface area contributed by atoms with Crippen LogP contribution in [0.2, 0.25) is 0 Å². The van der Waals surface area contributed by atoms with Crippen molar-refractivity contribution in [2.75, 3.05) is 24.9 Å². The van der Waals surface area contributed by atoms with Gasteiger partial charge in [-0.3, -0.25) is 9.59 Å². The standard InChI is InChI=1S/C32H37N5O4S2/c1-4-10-24-29(42-31(33-24)34-27(38)18-20-11-5-7-15-25(20)40-2)22-13-9-14-23(17-22)30-36-37-32(43-30)35-28(39)19-21-12-6-8-16-26(21)41-3/h5-8,11-12,15-16,22-23H,4,9-10,13-14,17-19H2,1-3H3,(H,33,34,38)(H,35,37,39)/t22-,23-/m1/s1. The first-order chi connectivity index (χ1) is 21.0. The van der Waals surface area contributed by atoms with Crippen LogP contribution in [0, 0.1) is 0 Å². The maximum atomic E-state index is 12.9. The van der Waals surface area contributed by atoms with Gasteiger partial charge in [-0.1, -0.05) is 67.5 Å². The van der Waals surface area contributed by atoms with E-state index in [1.165, 1.54) is 16.2 Å². The van der Waals surface area contributed by atoms with Crippen LogP contribution in [0.25, 0.3) is 0 Å². The second-order valence-electron chi connectivity index (χ2n) is 10.7. The molecule has 0 saturated heterocycles. The van der Waals surface area contributed by atoms with Crippen molar-refractivity contribution in [2.24, 2.45) is 0 Å². The van der Waals surface area contributed by atoms with Crippen molar-refractivity contribution in [2.45, 2.75) is 70.1 Å². The third kappa shape index (κ3) is 7.77. The summed E-state index contributed by atoms with van der Waals surface area (Å²) in [5, 5.41) is 16.8. The quantitative estimate of drug-likeness (QED) is 0.180. The van der Waals surface area contributed by atoms with Crippen LogP contribution in [-0.4, -0.2) is 41.2 Å². The molecule has 5 rings (SSSR count). The lowest BCUT2D eigenvalue weighted by atomic mass is 9.80. The fourth-order valence-electron chi connectivity index (χ4n) is 5.63. The zero-order chi connectivity index (χ0) is 30.2. The van der Waals surface area contributed by atoms with Crippen LogP contribution in [0.3, 0.4) is 0 Å². The van der Waals surface area contributed by atoms with Gasteiger partial charge in [0.2, 0.25) is 16.9 Å². The molecule has 2 atom stereocenters. The molecule has 1 fully saturated rings. The normalized spacial score (nSPS) is 16.4. The van der Waals surface area contributed by atoms with Crippen LogP contribution >= 0.6 is 22.7 Å². The molecule has 226 valence electrons. The van der Waals surface area contributed by atoms with Gasteiger partial charge >= 0.3 is 0 Å². The molecule has 0 radical (unpaired) electrons. The molecule has 2 aromatic carbocycles. The zero-order valence-corrected chi connectivity index (χ0v) is 26.4. The van der Waals surface area contributed by atoms with Crippen molar-refractivity contribution >= 4 is 44.8 Å². The van der Waals surface area contributed by atoms with E-state index >= 15 is 0 Å². The number of thiazole rings is 1. The molecule has 0 aliphatic heterocycles. The van der Waals surface area contributed by atoms with Crippen molar-refractivity contribution < 1.29 is 19.1 Å². The Kier molecular flexibility index (Phi) is 10.4. The number of hydrogen-bond acceptors (Lipinski definition) is 9. The molecule has 0 unspecified atom stereocenters. The topological polar surface area (TPSA) is 115 Å². The summed E-state index contributed by atoms with van der Waals surface area (Å²) in [6.45, 7) is 2.15. The lowest BCUT2D eigenvalue weighted by molar-refractivity contribution is -0.116. The van der Waals surface area contributed by atoms with E-state index in [2.05, 4.69) is 27.8 Å². The van der Waals surface area contributed by atoms with E-state index in [1.54, 1.807) is 25.6 Å². The van der Waals surface area contributed by atoms with Crippen LogP contribution in [0.15, 0.2) is 48.5 Å². The molecular weight excluding hydrogens is 583 g/mol. The molecule has 4 aromatic rings. The summed E-state index contributed by atoms with van der Waals surface area (Å²) in [5.41, 5.74) is 2.74. The number of aromatic nitrogens is 3. The van der Waals surface area contributed by atoms with Gasteiger partial charge in [0.05, 0.1) is 32.8 Å².